The molecule has 0 atom stereocenters. The van der Waals surface area contributed by atoms with Gasteiger partial charge in [-0.2, -0.15) is 0 Å². The summed E-state index contributed by atoms with van der Waals surface area (Å²) in [5.74, 6) is -0.354. The summed E-state index contributed by atoms with van der Waals surface area (Å²) in [6.07, 6.45) is 0. The highest BCUT2D eigenvalue weighted by Gasteiger charge is 2.02. The molecule has 0 amide bonds. The molecule has 3 heteroatoms. The van der Waals surface area contributed by atoms with E-state index in [0.717, 1.165) is 22.4 Å². The minimum Gasteiger partial charge on any atom is -0.545 e. The first-order valence-electron chi connectivity index (χ1n) is 6.06. The van der Waals surface area contributed by atoms with Crippen molar-refractivity contribution in [3.8, 4) is 5.75 Å². The molecule has 0 N–H and O–H groups in total. The van der Waals surface area contributed by atoms with E-state index in [9.17, 15) is 9.90 Å². The van der Waals surface area contributed by atoms with Crippen LogP contribution in [-0.4, -0.2) is 5.97 Å². The Morgan fingerprint density at radius 1 is 1.16 bits per heavy atom. The van der Waals surface area contributed by atoms with Crippen molar-refractivity contribution < 1.29 is 14.6 Å². The van der Waals surface area contributed by atoms with Crippen molar-refractivity contribution in [2.24, 2.45) is 0 Å². The third-order valence-electron chi connectivity index (χ3n) is 2.90. The Kier molecular flexibility index (Phi) is 3.85. The summed E-state index contributed by atoms with van der Waals surface area (Å²) in [4.78, 5) is 10.8. The molecule has 0 heterocycles. The van der Waals surface area contributed by atoms with Crippen LogP contribution in [0.4, 0.5) is 0 Å². The Morgan fingerprint density at radius 3 is 2.68 bits per heavy atom. The van der Waals surface area contributed by atoms with Gasteiger partial charge in [-0.05, 0) is 48.2 Å². The molecule has 0 aliphatic heterocycles. The van der Waals surface area contributed by atoms with Gasteiger partial charge in [-0.1, -0.05) is 30.3 Å². The first-order valence-corrected chi connectivity index (χ1v) is 6.06. The molecule has 0 spiro atoms. The topological polar surface area (TPSA) is 49.4 Å². The van der Waals surface area contributed by atoms with Crippen LogP contribution in [0.5, 0.6) is 5.75 Å². The van der Waals surface area contributed by atoms with Gasteiger partial charge in [0.2, 0.25) is 0 Å². The average Bonchev–Trinajstić information content (AvgIpc) is 2.40. The maximum absolute atomic E-state index is 10.8. The van der Waals surface area contributed by atoms with Crippen LogP contribution < -0.4 is 9.84 Å². The Morgan fingerprint density at radius 2 is 1.95 bits per heavy atom. The number of rotatable bonds is 4. The first-order chi connectivity index (χ1) is 9.06. The van der Waals surface area contributed by atoms with Crippen molar-refractivity contribution in [2.75, 3.05) is 0 Å². The Hall–Kier alpha value is -2.29. The zero-order valence-electron chi connectivity index (χ0n) is 11.0. The normalized spacial score (nSPS) is 10.2. The average molecular weight is 255 g/mol. The van der Waals surface area contributed by atoms with E-state index in [1.807, 2.05) is 38.1 Å². The first kappa shape index (κ1) is 13.1. The quantitative estimate of drug-likeness (QED) is 0.842. The van der Waals surface area contributed by atoms with Gasteiger partial charge in [0, 0.05) is 0 Å². The molecule has 0 fully saturated rings. The Bertz CT molecular complexity index is 603. The van der Waals surface area contributed by atoms with Crippen LogP contribution in [-0.2, 0) is 6.61 Å². The number of hydrogen-bond acceptors (Lipinski definition) is 3. The second-order valence-corrected chi connectivity index (χ2v) is 4.55. The fourth-order valence-corrected chi connectivity index (χ4v) is 1.81. The maximum atomic E-state index is 10.8. The van der Waals surface area contributed by atoms with Crippen LogP contribution in [0, 0.1) is 13.8 Å². The number of aromatic carboxylic acids is 1. The summed E-state index contributed by atoms with van der Waals surface area (Å²) in [6.45, 7) is 4.32. The zero-order chi connectivity index (χ0) is 13.8. The molecular weight excluding hydrogens is 240 g/mol. The lowest BCUT2D eigenvalue weighted by molar-refractivity contribution is -0.255. The van der Waals surface area contributed by atoms with Gasteiger partial charge in [-0.3, -0.25) is 0 Å². The molecule has 0 unspecified atom stereocenters. The van der Waals surface area contributed by atoms with E-state index in [1.54, 1.807) is 12.1 Å². The fourth-order valence-electron chi connectivity index (χ4n) is 1.81. The van der Waals surface area contributed by atoms with E-state index in [2.05, 4.69) is 0 Å². The minimum absolute atomic E-state index is 0.169. The number of ether oxygens (including phenoxy) is 1. The molecule has 98 valence electrons. The van der Waals surface area contributed by atoms with Crippen LogP contribution in [0.1, 0.15) is 27.0 Å². The highest BCUT2D eigenvalue weighted by Crippen LogP contribution is 2.20. The third-order valence-corrected chi connectivity index (χ3v) is 2.90. The molecule has 0 bridgehead atoms. The lowest BCUT2D eigenvalue weighted by Crippen LogP contribution is -2.22. The molecule has 2 aromatic carbocycles. The molecular formula is C16H15O3-. The van der Waals surface area contributed by atoms with Crippen molar-refractivity contribution in [1.29, 1.82) is 0 Å². The predicted octanol–water partition coefficient (Wildman–Crippen LogP) is 2.25. The van der Waals surface area contributed by atoms with Gasteiger partial charge < -0.3 is 14.6 Å². The van der Waals surface area contributed by atoms with Crippen molar-refractivity contribution in [3.63, 3.8) is 0 Å². The lowest BCUT2D eigenvalue weighted by atomic mass is 10.1. The molecule has 2 rings (SSSR count). The van der Waals surface area contributed by atoms with E-state index in [4.69, 9.17) is 4.74 Å². The van der Waals surface area contributed by atoms with E-state index >= 15 is 0 Å². The van der Waals surface area contributed by atoms with Crippen LogP contribution >= 0.6 is 0 Å². The van der Waals surface area contributed by atoms with Crippen molar-refractivity contribution in [3.05, 3.63) is 64.7 Å². The smallest absolute Gasteiger partial charge is 0.122 e. The van der Waals surface area contributed by atoms with E-state index < -0.39 is 5.97 Å². The van der Waals surface area contributed by atoms with Gasteiger partial charge in [-0.25, -0.2) is 0 Å². The number of carboxylic acid groups (broad SMARTS) is 1. The third kappa shape index (κ3) is 3.35. The molecule has 19 heavy (non-hydrogen) atoms. The molecule has 0 radical (unpaired) electrons. The predicted molar refractivity (Wildman–Crippen MR) is 71.0 cm³/mol. The van der Waals surface area contributed by atoms with Gasteiger partial charge >= 0.3 is 0 Å². The van der Waals surface area contributed by atoms with Gasteiger partial charge in [0.15, 0.2) is 0 Å². The summed E-state index contributed by atoms with van der Waals surface area (Å²) in [5, 5.41) is 10.8. The summed E-state index contributed by atoms with van der Waals surface area (Å²) < 4.78 is 5.73. The molecule has 0 aliphatic rings. The number of carbonyl (C=O) groups excluding carboxylic acids is 1. The summed E-state index contributed by atoms with van der Waals surface area (Å²) in [6, 6.07) is 12.6. The zero-order valence-corrected chi connectivity index (χ0v) is 11.0. The van der Waals surface area contributed by atoms with Crippen LogP contribution in [0.3, 0.4) is 0 Å². The van der Waals surface area contributed by atoms with Crippen molar-refractivity contribution in [2.45, 2.75) is 20.5 Å². The highest BCUT2D eigenvalue weighted by atomic mass is 16.5. The van der Waals surface area contributed by atoms with E-state index in [-0.39, 0.29) is 5.56 Å². The number of carbonyl (C=O) groups is 1. The molecule has 3 nitrogen and oxygen atoms in total. The Labute approximate surface area is 112 Å². The molecule has 0 aliphatic carbocycles. The Balaban J connectivity index is 2.12. The van der Waals surface area contributed by atoms with Crippen LogP contribution in [0.2, 0.25) is 0 Å². The fraction of sp³-hybridized carbons (Fsp3) is 0.188. The SMILES string of the molecule is Cc1ccc(C)c(OCc2cccc(C(=O)[O-])c2)c1. The van der Waals surface area contributed by atoms with Gasteiger partial charge in [0.1, 0.15) is 12.4 Å². The lowest BCUT2D eigenvalue weighted by Gasteiger charge is -2.11. The number of benzene rings is 2. The van der Waals surface area contributed by atoms with Crippen LogP contribution in [0.15, 0.2) is 42.5 Å². The van der Waals surface area contributed by atoms with Gasteiger partial charge in [0.25, 0.3) is 0 Å². The number of hydrogen-bond donors (Lipinski definition) is 0. The second-order valence-electron chi connectivity index (χ2n) is 4.55. The van der Waals surface area contributed by atoms with E-state index in [0.29, 0.717) is 6.61 Å². The minimum atomic E-state index is -1.17. The number of aryl methyl sites for hydroxylation is 2. The largest absolute Gasteiger partial charge is 0.545 e. The summed E-state index contributed by atoms with van der Waals surface area (Å²) in [5.41, 5.74) is 3.16. The van der Waals surface area contributed by atoms with Gasteiger partial charge in [0.05, 0.1) is 5.97 Å². The molecule has 0 saturated carbocycles. The number of carboxylic acids is 1. The molecule has 0 aromatic heterocycles. The molecule has 2 aromatic rings. The van der Waals surface area contributed by atoms with E-state index in [1.165, 1.54) is 6.07 Å². The van der Waals surface area contributed by atoms with Crippen molar-refractivity contribution in [1.82, 2.24) is 0 Å². The highest BCUT2D eigenvalue weighted by molar-refractivity contribution is 5.85. The van der Waals surface area contributed by atoms with Gasteiger partial charge in [-0.15, -0.1) is 0 Å². The maximum Gasteiger partial charge on any atom is 0.122 e. The summed E-state index contributed by atoms with van der Waals surface area (Å²) >= 11 is 0. The summed E-state index contributed by atoms with van der Waals surface area (Å²) in [7, 11) is 0. The van der Waals surface area contributed by atoms with Crippen LogP contribution in [0.25, 0.3) is 0 Å². The monoisotopic (exact) mass is 255 g/mol. The van der Waals surface area contributed by atoms with Crippen molar-refractivity contribution >= 4 is 5.97 Å². The standard InChI is InChI=1S/C16H16O3/c1-11-6-7-12(2)15(8-11)19-10-13-4-3-5-14(9-13)16(17)18/h3-9H,10H2,1-2H3,(H,17,18)/p-1. The second kappa shape index (κ2) is 5.57. The molecule has 0 saturated heterocycles.